The summed E-state index contributed by atoms with van der Waals surface area (Å²) in [5.41, 5.74) is 2.81. The average Bonchev–Trinajstić information content (AvgIpc) is 2.33. The summed E-state index contributed by atoms with van der Waals surface area (Å²) in [6, 6.07) is 5.69. The molecule has 0 spiro atoms. The fraction of sp³-hybridized carbons (Fsp3) is 0.125. The van der Waals surface area contributed by atoms with Crippen molar-refractivity contribution in [3.05, 3.63) is 23.9 Å². The number of benzene rings is 1. The molecule has 0 aliphatic rings. The van der Waals surface area contributed by atoms with Gasteiger partial charge in [0.15, 0.2) is 0 Å². The number of nitrogens with one attached hydrogen (secondary N) is 1. The van der Waals surface area contributed by atoms with Gasteiger partial charge in [-0.3, -0.25) is 5.10 Å². The second kappa shape index (κ2) is 2.12. The SMILES string of the molecule is [B]c1ccc2n[nH]c(C)c2c1. The van der Waals surface area contributed by atoms with Crippen LogP contribution in [0.25, 0.3) is 10.9 Å². The van der Waals surface area contributed by atoms with Crippen LogP contribution in [0.2, 0.25) is 0 Å². The van der Waals surface area contributed by atoms with Crippen molar-refractivity contribution in [1.82, 2.24) is 10.2 Å². The van der Waals surface area contributed by atoms with Gasteiger partial charge in [-0.1, -0.05) is 17.6 Å². The first kappa shape index (κ1) is 6.46. The molecular formula is C8H7BN2. The average molecular weight is 142 g/mol. The molecule has 1 N–H and O–H groups in total. The maximum atomic E-state index is 5.61. The van der Waals surface area contributed by atoms with Crippen molar-refractivity contribution in [3.63, 3.8) is 0 Å². The number of aromatic nitrogens is 2. The Bertz CT molecular complexity index is 392. The van der Waals surface area contributed by atoms with E-state index < -0.39 is 0 Å². The summed E-state index contributed by atoms with van der Waals surface area (Å²) in [6.07, 6.45) is 0. The summed E-state index contributed by atoms with van der Waals surface area (Å²) >= 11 is 0. The topological polar surface area (TPSA) is 28.7 Å². The molecule has 0 saturated carbocycles. The molecule has 0 aliphatic heterocycles. The van der Waals surface area contributed by atoms with Gasteiger partial charge in [0.2, 0.25) is 0 Å². The fourth-order valence-corrected chi connectivity index (χ4v) is 1.16. The summed E-state index contributed by atoms with van der Waals surface area (Å²) in [4.78, 5) is 0. The van der Waals surface area contributed by atoms with E-state index in [0.29, 0.717) is 0 Å². The summed E-state index contributed by atoms with van der Waals surface area (Å²) in [5.74, 6) is 0. The molecule has 0 unspecified atom stereocenters. The third-order valence-electron chi connectivity index (χ3n) is 1.77. The molecule has 0 amide bonds. The molecular weight excluding hydrogens is 135 g/mol. The first-order valence-corrected chi connectivity index (χ1v) is 3.47. The Labute approximate surface area is 66.0 Å². The van der Waals surface area contributed by atoms with Crippen molar-refractivity contribution in [1.29, 1.82) is 0 Å². The maximum absolute atomic E-state index is 5.61. The van der Waals surface area contributed by atoms with Crippen LogP contribution < -0.4 is 5.46 Å². The van der Waals surface area contributed by atoms with E-state index in [-0.39, 0.29) is 0 Å². The van der Waals surface area contributed by atoms with Gasteiger partial charge >= 0.3 is 0 Å². The third kappa shape index (κ3) is 0.927. The van der Waals surface area contributed by atoms with Gasteiger partial charge in [0.25, 0.3) is 0 Å². The minimum atomic E-state index is 0.780. The molecule has 2 nitrogen and oxygen atoms in total. The Morgan fingerprint density at radius 1 is 1.45 bits per heavy atom. The second-order valence-electron chi connectivity index (χ2n) is 2.63. The molecule has 0 bridgehead atoms. The lowest BCUT2D eigenvalue weighted by molar-refractivity contribution is 1.07. The van der Waals surface area contributed by atoms with Crippen molar-refractivity contribution in [2.45, 2.75) is 6.92 Å². The predicted molar refractivity (Wildman–Crippen MR) is 46.2 cm³/mol. The van der Waals surface area contributed by atoms with Crippen molar-refractivity contribution in [3.8, 4) is 0 Å². The van der Waals surface area contributed by atoms with Gasteiger partial charge in [-0.15, -0.1) is 0 Å². The second-order valence-corrected chi connectivity index (χ2v) is 2.63. The van der Waals surface area contributed by atoms with Crippen LogP contribution in [0.3, 0.4) is 0 Å². The molecule has 52 valence electrons. The molecule has 2 aromatic rings. The van der Waals surface area contributed by atoms with E-state index in [0.717, 1.165) is 22.1 Å². The molecule has 1 aromatic carbocycles. The van der Waals surface area contributed by atoms with Crippen molar-refractivity contribution in [2.24, 2.45) is 0 Å². The summed E-state index contributed by atoms with van der Waals surface area (Å²) in [5, 5.41) is 8.08. The van der Waals surface area contributed by atoms with Gasteiger partial charge in [-0.25, -0.2) is 0 Å². The van der Waals surface area contributed by atoms with Crippen LogP contribution in [0.5, 0.6) is 0 Å². The van der Waals surface area contributed by atoms with Gasteiger partial charge in [0.05, 0.1) is 5.52 Å². The van der Waals surface area contributed by atoms with E-state index in [1.807, 2.05) is 25.1 Å². The first-order chi connectivity index (χ1) is 5.27. The van der Waals surface area contributed by atoms with Crippen LogP contribution in [0.1, 0.15) is 5.69 Å². The number of hydrogen-bond donors (Lipinski definition) is 1. The Kier molecular flexibility index (Phi) is 1.25. The van der Waals surface area contributed by atoms with Crippen molar-refractivity contribution >= 4 is 24.2 Å². The number of aryl methyl sites for hydroxylation is 1. The Morgan fingerprint density at radius 3 is 3.09 bits per heavy atom. The van der Waals surface area contributed by atoms with Crippen LogP contribution in [0.15, 0.2) is 18.2 Å². The molecule has 2 rings (SSSR count). The minimum Gasteiger partial charge on any atom is -0.282 e. The third-order valence-corrected chi connectivity index (χ3v) is 1.77. The molecule has 0 fully saturated rings. The maximum Gasteiger partial charge on any atom is 0.113 e. The number of nitrogens with zero attached hydrogens (tertiary/aromatic N) is 1. The zero-order valence-electron chi connectivity index (χ0n) is 6.26. The Hall–Kier alpha value is -1.25. The van der Waals surface area contributed by atoms with Crippen LogP contribution in [-0.4, -0.2) is 18.0 Å². The quantitative estimate of drug-likeness (QED) is 0.538. The lowest BCUT2D eigenvalue weighted by Crippen LogP contribution is -1.99. The molecule has 11 heavy (non-hydrogen) atoms. The summed E-state index contributed by atoms with van der Waals surface area (Å²) < 4.78 is 0. The summed E-state index contributed by atoms with van der Waals surface area (Å²) in [6.45, 7) is 1.98. The fourth-order valence-electron chi connectivity index (χ4n) is 1.16. The lowest BCUT2D eigenvalue weighted by atomic mass is 9.95. The minimum absolute atomic E-state index is 0.780. The van der Waals surface area contributed by atoms with Gasteiger partial charge in [0.1, 0.15) is 7.85 Å². The van der Waals surface area contributed by atoms with Crippen molar-refractivity contribution < 1.29 is 0 Å². The van der Waals surface area contributed by atoms with E-state index >= 15 is 0 Å². The Morgan fingerprint density at radius 2 is 2.27 bits per heavy atom. The molecule has 0 aliphatic carbocycles. The van der Waals surface area contributed by atoms with Crippen molar-refractivity contribution in [2.75, 3.05) is 0 Å². The largest absolute Gasteiger partial charge is 0.282 e. The van der Waals surface area contributed by atoms with E-state index in [1.165, 1.54) is 0 Å². The number of H-pyrrole nitrogens is 1. The van der Waals surface area contributed by atoms with Crippen LogP contribution in [-0.2, 0) is 0 Å². The monoisotopic (exact) mass is 142 g/mol. The summed E-state index contributed by atoms with van der Waals surface area (Å²) in [7, 11) is 5.61. The Balaban J connectivity index is 2.87. The number of aromatic amines is 1. The van der Waals surface area contributed by atoms with E-state index in [9.17, 15) is 0 Å². The highest BCUT2D eigenvalue weighted by Crippen LogP contribution is 2.11. The number of fused-ring (bicyclic) bond motifs is 1. The first-order valence-electron chi connectivity index (χ1n) is 3.47. The molecule has 0 atom stereocenters. The van der Waals surface area contributed by atoms with E-state index in [4.69, 9.17) is 7.85 Å². The zero-order valence-corrected chi connectivity index (χ0v) is 6.26. The van der Waals surface area contributed by atoms with Gasteiger partial charge in [-0.05, 0) is 13.0 Å². The molecule has 2 radical (unpaired) electrons. The highest BCUT2D eigenvalue weighted by atomic mass is 15.1. The van der Waals surface area contributed by atoms with Crippen LogP contribution >= 0.6 is 0 Å². The standard InChI is InChI=1S/C8H7BN2/c1-5-7-4-6(9)2-3-8(7)11-10-5/h2-4H,1H3,(H,10,11). The smallest absolute Gasteiger partial charge is 0.113 e. The van der Waals surface area contributed by atoms with E-state index in [1.54, 1.807) is 0 Å². The normalized spacial score (nSPS) is 10.6. The highest BCUT2D eigenvalue weighted by molar-refractivity contribution is 6.33. The predicted octanol–water partition coefficient (Wildman–Crippen LogP) is 0.665. The number of rotatable bonds is 0. The number of hydrogen-bond acceptors (Lipinski definition) is 1. The molecule has 1 heterocycles. The van der Waals surface area contributed by atoms with Crippen LogP contribution in [0, 0.1) is 6.92 Å². The van der Waals surface area contributed by atoms with Gasteiger partial charge in [-0.2, -0.15) is 5.10 Å². The van der Waals surface area contributed by atoms with E-state index in [2.05, 4.69) is 10.2 Å². The highest BCUT2D eigenvalue weighted by Gasteiger charge is 1.98. The lowest BCUT2D eigenvalue weighted by Gasteiger charge is -1.91. The van der Waals surface area contributed by atoms with Gasteiger partial charge in [0, 0.05) is 11.1 Å². The zero-order chi connectivity index (χ0) is 7.84. The molecule has 0 saturated heterocycles. The molecule has 1 aromatic heterocycles. The van der Waals surface area contributed by atoms with Crippen LogP contribution in [0.4, 0.5) is 0 Å². The molecule has 3 heteroatoms. The van der Waals surface area contributed by atoms with Gasteiger partial charge < -0.3 is 0 Å².